The van der Waals surface area contributed by atoms with Crippen molar-refractivity contribution in [1.82, 2.24) is 29.7 Å². The molecule has 0 saturated carbocycles. The second-order valence-electron chi connectivity index (χ2n) is 9.53. The number of halogens is 2. The van der Waals surface area contributed by atoms with E-state index in [9.17, 15) is 18.4 Å². The first-order valence-corrected chi connectivity index (χ1v) is 12.7. The van der Waals surface area contributed by atoms with Gasteiger partial charge in [-0.05, 0) is 18.6 Å². The van der Waals surface area contributed by atoms with E-state index < -0.39 is 18.3 Å². The van der Waals surface area contributed by atoms with Gasteiger partial charge < -0.3 is 24.6 Å². The molecule has 0 aliphatic carbocycles. The van der Waals surface area contributed by atoms with Gasteiger partial charge >= 0.3 is 0 Å². The van der Waals surface area contributed by atoms with Crippen molar-refractivity contribution < 1.29 is 27.8 Å². The predicted octanol–water partition coefficient (Wildman–Crippen LogP) is 1.85. The minimum atomic E-state index is -2.82. The lowest BCUT2D eigenvalue weighted by Gasteiger charge is -2.27. The van der Waals surface area contributed by atoms with Crippen molar-refractivity contribution >= 4 is 28.8 Å². The normalized spacial score (nSPS) is 21.9. The number of rotatable bonds is 6. The molecule has 3 saturated heterocycles. The number of amides is 2. The minimum absolute atomic E-state index is 0.116. The molecule has 0 radical (unpaired) electrons. The van der Waals surface area contributed by atoms with Crippen LogP contribution in [-0.4, -0.2) is 87.8 Å². The summed E-state index contributed by atoms with van der Waals surface area (Å²) in [6, 6.07) is 7.93. The van der Waals surface area contributed by atoms with Crippen LogP contribution < -0.4 is 15.0 Å². The lowest BCUT2D eigenvalue weighted by atomic mass is 10.2. The number of alkyl halides is 2. The van der Waals surface area contributed by atoms with Crippen molar-refractivity contribution in [2.75, 3.05) is 44.3 Å². The number of nitrogens with one attached hydrogen (secondary N) is 1. The van der Waals surface area contributed by atoms with Gasteiger partial charge in [0, 0.05) is 38.5 Å². The Labute approximate surface area is 216 Å². The highest BCUT2D eigenvalue weighted by Gasteiger charge is 2.35. The molecule has 3 aromatic rings. The summed E-state index contributed by atoms with van der Waals surface area (Å²) >= 11 is 0. The van der Waals surface area contributed by atoms with E-state index in [-0.39, 0.29) is 29.6 Å². The summed E-state index contributed by atoms with van der Waals surface area (Å²) < 4.78 is 41.1. The van der Waals surface area contributed by atoms with E-state index in [0.29, 0.717) is 75.6 Å². The zero-order valence-corrected chi connectivity index (χ0v) is 20.6. The monoisotopic (exact) mass is 527 g/mol. The van der Waals surface area contributed by atoms with Gasteiger partial charge in [-0.25, -0.2) is 13.8 Å². The van der Waals surface area contributed by atoms with Crippen LogP contribution in [0.3, 0.4) is 0 Å². The van der Waals surface area contributed by atoms with Crippen LogP contribution in [0.2, 0.25) is 0 Å². The summed E-state index contributed by atoms with van der Waals surface area (Å²) in [4.78, 5) is 41.3. The number of hydrogen-bond donors (Lipinski definition) is 1. The maximum absolute atomic E-state index is 14.1. The highest BCUT2D eigenvalue weighted by atomic mass is 19.3. The molecule has 0 unspecified atom stereocenters. The molecule has 11 nitrogen and oxygen atoms in total. The standard InChI is InChI=1S/C25H27F2N7O4/c26-22(27)23-29-16-3-1-2-4-18(16)34(23)19-13-21(31-25(30-19)32-9-11-37-12-10-32)38-15-7-8-33(14-15)24(36)17-5-6-20(35)28-17/h1-4,13,15,17,22H,5-12,14H2,(H,28,35)/t15-,17+/m0/s1. The van der Waals surface area contributed by atoms with Crippen LogP contribution in [0, 0.1) is 0 Å². The van der Waals surface area contributed by atoms with Gasteiger partial charge in [0.2, 0.25) is 23.6 Å². The Morgan fingerprint density at radius 2 is 1.92 bits per heavy atom. The van der Waals surface area contributed by atoms with Gasteiger partial charge in [-0.2, -0.15) is 9.97 Å². The van der Waals surface area contributed by atoms with Crippen LogP contribution in [0.25, 0.3) is 16.9 Å². The Bertz CT molecular complexity index is 1360. The van der Waals surface area contributed by atoms with E-state index in [1.165, 1.54) is 10.6 Å². The first kappa shape index (κ1) is 24.5. The third-order valence-corrected chi connectivity index (χ3v) is 7.02. The quantitative estimate of drug-likeness (QED) is 0.517. The minimum Gasteiger partial charge on any atom is -0.472 e. The van der Waals surface area contributed by atoms with Crippen LogP contribution in [0.15, 0.2) is 30.3 Å². The SMILES string of the molecule is O=C1CC[C@H](C(=O)N2CC[C@H](Oc3cc(-n4c(C(F)F)nc5ccccc54)nc(N4CCOCC4)n3)C2)N1. The molecule has 2 atom stereocenters. The van der Waals surface area contributed by atoms with Gasteiger partial charge in [0.15, 0.2) is 5.82 Å². The molecular weight excluding hydrogens is 500 g/mol. The van der Waals surface area contributed by atoms with Crippen LogP contribution in [0.4, 0.5) is 14.7 Å². The van der Waals surface area contributed by atoms with Gasteiger partial charge in [-0.15, -0.1) is 0 Å². The fourth-order valence-electron chi connectivity index (χ4n) is 5.13. The highest BCUT2D eigenvalue weighted by molar-refractivity contribution is 5.91. The first-order chi connectivity index (χ1) is 18.5. The molecule has 38 heavy (non-hydrogen) atoms. The summed E-state index contributed by atoms with van der Waals surface area (Å²) in [5.74, 6) is 0.141. The Kier molecular flexibility index (Phi) is 6.52. The maximum atomic E-state index is 14.1. The van der Waals surface area contributed by atoms with Crippen molar-refractivity contribution in [3.05, 3.63) is 36.2 Å². The summed E-state index contributed by atoms with van der Waals surface area (Å²) in [5, 5.41) is 2.71. The molecule has 6 rings (SSSR count). The zero-order chi connectivity index (χ0) is 26.2. The molecule has 200 valence electrons. The molecular formula is C25H27F2N7O4. The van der Waals surface area contributed by atoms with E-state index >= 15 is 0 Å². The molecule has 0 bridgehead atoms. The number of carbonyl (C=O) groups is 2. The number of hydrogen-bond acceptors (Lipinski definition) is 8. The fourth-order valence-corrected chi connectivity index (χ4v) is 5.13. The molecule has 1 aromatic carbocycles. The number of para-hydroxylation sites is 2. The maximum Gasteiger partial charge on any atom is 0.296 e. The number of aromatic nitrogens is 4. The van der Waals surface area contributed by atoms with Gasteiger partial charge in [0.25, 0.3) is 6.43 Å². The number of likely N-dealkylation sites (tertiary alicyclic amines) is 1. The Morgan fingerprint density at radius 3 is 2.68 bits per heavy atom. The van der Waals surface area contributed by atoms with E-state index in [1.807, 2.05) is 4.90 Å². The van der Waals surface area contributed by atoms with Crippen LogP contribution in [0.1, 0.15) is 31.5 Å². The molecule has 13 heteroatoms. The number of nitrogens with zero attached hydrogens (tertiary/aromatic N) is 6. The first-order valence-electron chi connectivity index (χ1n) is 12.7. The van der Waals surface area contributed by atoms with E-state index in [0.717, 1.165) is 0 Å². The smallest absolute Gasteiger partial charge is 0.296 e. The Morgan fingerprint density at radius 1 is 1.11 bits per heavy atom. The van der Waals surface area contributed by atoms with Crippen LogP contribution in [-0.2, 0) is 14.3 Å². The third-order valence-electron chi connectivity index (χ3n) is 7.02. The van der Waals surface area contributed by atoms with Crippen molar-refractivity contribution in [3.8, 4) is 11.7 Å². The third kappa shape index (κ3) is 4.73. The summed E-state index contributed by atoms with van der Waals surface area (Å²) in [7, 11) is 0. The number of ether oxygens (including phenoxy) is 2. The average Bonchev–Trinajstić information content (AvgIpc) is 3.67. The number of morpholine rings is 1. The van der Waals surface area contributed by atoms with E-state index in [2.05, 4.69) is 20.3 Å². The summed E-state index contributed by atoms with van der Waals surface area (Å²) in [5.41, 5.74) is 0.928. The largest absolute Gasteiger partial charge is 0.472 e. The van der Waals surface area contributed by atoms with Crippen molar-refractivity contribution in [1.29, 1.82) is 0 Å². The number of fused-ring (bicyclic) bond motifs is 1. The van der Waals surface area contributed by atoms with Gasteiger partial charge in [-0.3, -0.25) is 14.2 Å². The molecule has 2 aromatic heterocycles. The summed E-state index contributed by atoms with van der Waals surface area (Å²) in [6.45, 7) is 2.93. The lowest BCUT2D eigenvalue weighted by Crippen LogP contribution is -2.44. The van der Waals surface area contributed by atoms with Gasteiger partial charge in [0.05, 0.1) is 30.8 Å². The highest BCUT2D eigenvalue weighted by Crippen LogP contribution is 2.30. The zero-order valence-electron chi connectivity index (χ0n) is 20.6. The van der Waals surface area contributed by atoms with Gasteiger partial charge in [-0.1, -0.05) is 12.1 Å². The number of imidazole rings is 1. The Balaban J connectivity index is 1.31. The van der Waals surface area contributed by atoms with Crippen molar-refractivity contribution in [2.45, 2.75) is 37.8 Å². The summed E-state index contributed by atoms with van der Waals surface area (Å²) in [6.07, 6.45) is -1.75. The molecule has 0 spiro atoms. The topological polar surface area (TPSA) is 115 Å². The lowest BCUT2D eigenvalue weighted by molar-refractivity contribution is -0.133. The Hall–Kier alpha value is -3.87. The number of carbonyl (C=O) groups excluding carboxylic acids is 2. The number of anilines is 1. The number of benzene rings is 1. The van der Waals surface area contributed by atoms with Crippen molar-refractivity contribution in [3.63, 3.8) is 0 Å². The van der Waals surface area contributed by atoms with Gasteiger partial charge in [0.1, 0.15) is 18.0 Å². The molecule has 3 aliphatic heterocycles. The second kappa shape index (κ2) is 10.1. The molecule has 3 aliphatic rings. The fraction of sp³-hybridized carbons (Fsp3) is 0.480. The predicted molar refractivity (Wildman–Crippen MR) is 131 cm³/mol. The van der Waals surface area contributed by atoms with Crippen molar-refractivity contribution in [2.24, 2.45) is 0 Å². The van der Waals surface area contributed by atoms with Crippen LogP contribution >= 0.6 is 0 Å². The second-order valence-corrected chi connectivity index (χ2v) is 9.53. The average molecular weight is 528 g/mol. The van der Waals surface area contributed by atoms with E-state index in [1.54, 1.807) is 29.2 Å². The molecule has 2 amide bonds. The molecule has 3 fully saturated rings. The van der Waals surface area contributed by atoms with Crippen LogP contribution in [0.5, 0.6) is 5.88 Å². The molecule has 5 heterocycles. The molecule has 1 N–H and O–H groups in total. The van der Waals surface area contributed by atoms with E-state index in [4.69, 9.17) is 9.47 Å².